The quantitative estimate of drug-likeness (QED) is 0.186. The monoisotopic (exact) mass is 486 g/mol. The highest BCUT2D eigenvalue weighted by Crippen LogP contribution is 2.32. The van der Waals surface area contributed by atoms with Crippen molar-refractivity contribution in [1.82, 2.24) is 0 Å². The van der Waals surface area contributed by atoms with E-state index in [1.54, 1.807) is 6.92 Å². The summed E-state index contributed by atoms with van der Waals surface area (Å²) < 4.78 is 27.2. The maximum atomic E-state index is 11.9. The number of hydrogen-bond acceptors (Lipinski definition) is 12. The number of aliphatic hydroxyl groups excluding tert-OH is 4. The van der Waals surface area contributed by atoms with Crippen molar-refractivity contribution in [2.75, 3.05) is 19.8 Å². The second-order valence-corrected chi connectivity index (χ2v) is 8.19. The van der Waals surface area contributed by atoms with Gasteiger partial charge < -0.3 is 54.3 Å². The Bertz CT molecular complexity index is 858. The smallest absolute Gasteiger partial charge is 0.333 e. The molecule has 0 aliphatic carbocycles. The van der Waals surface area contributed by atoms with Gasteiger partial charge in [-0.3, -0.25) is 0 Å². The summed E-state index contributed by atoms with van der Waals surface area (Å²) in [5.41, 5.74) is -1.68. The Kier molecular flexibility index (Phi) is 8.49. The SMILES string of the molecule is C/C=C(\C)C(=O)OC[C@@]1(O)CO[C@@H](O[C@H]2[C@H](Oc3ccc(O)cc3)O[C@H](CO)[C@@H](O)[C@@H]2O)[C@@H]1O. The van der Waals surface area contributed by atoms with Crippen molar-refractivity contribution >= 4 is 5.97 Å². The van der Waals surface area contributed by atoms with Crippen molar-refractivity contribution in [1.29, 1.82) is 0 Å². The van der Waals surface area contributed by atoms with Gasteiger partial charge in [-0.25, -0.2) is 4.79 Å². The van der Waals surface area contributed by atoms with Crippen LogP contribution >= 0.6 is 0 Å². The summed E-state index contributed by atoms with van der Waals surface area (Å²) in [6.07, 6.45) is -8.86. The van der Waals surface area contributed by atoms with E-state index in [1.165, 1.54) is 37.3 Å². The molecule has 3 rings (SSSR count). The van der Waals surface area contributed by atoms with Crippen LogP contribution in [0.4, 0.5) is 0 Å². The van der Waals surface area contributed by atoms with Crippen LogP contribution in [0.25, 0.3) is 0 Å². The topological polar surface area (TPSA) is 185 Å². The number of carbonyl (C=O) groups is 1. The average molecular weight is 486 g/mol. The first-order chi connectivity index (χ1) is 16.1. The van der Waals surface area contributed by atoms with Crippen LogP contribution < -0.4 is 4.74 Å². The molecular weight excluding hydrogens is 456 g/mol. The number of esters is 1. The van der Waals surface area contributed by atoms with Crippen LogP contribution in [0.2, 0.25) is 0 Å². The molecule has 34 heavy (non-hydrogen) atoms. The van der Waals surface area contributed by atoms with E-state index in [-0.39, 0.29) is 11.5 Å². The highest BCUT2D eigenvalue weighted by molar-refractivity contribution is 5.87. The minimum absolute atomic E-state index is 0.0134. The summed E-state index contributed by atoms with van der Waals surface area (Å²) in [5.74, 6) is -0.475. The van der Waals surface area contributed by atoms with Gasteiger partial charge in [0.05, 0.1) is 13.2 Å². The molecule has 6 N–H and O–H groups in total. The molecule has 2 fully saturated rings. The van der Waals surface area contributed by atoms with Gasteiger partial charge in [0.2, 0.25) is 6.29 Å². The molecule has 0 unspecified atom stereocenters. The highest BCUT2D eigenvalue weighted by atomic mass is 16.8. The van der Waals surface area contributed by atoms with Crippen LogP contribution in [0.15, 0.2) is 35.9 Å². The normalized spacial score (nSPS) is 36.3. The van der Waals surface area contributed by atoms with Crippen molar-refractivity contribution in [3.8, 4) is 11.5 Å². The number of rotatable bonds is 8. The molecule has 12 nitrogen and oxygen atoms in total. The lowest BCUT2D eigenvalue weighted by atomic mass is 9.98. The predicted octanol–water partition coefficient (Wildman–Crippen LogP) is -1.45. The number of phenols is 1. The second-order valence-electron chi connectivity index (χ2n) is 8.19. The zero-order chi connectivity index (χ0) is 25.0. The van der Waals surface area contributed by atoms with Crippen LogP contribution in [0.5, 0.6) is 11.5 Å². The summed E-state index contributed by atoms with van der Waals surface area (Å²) >= 11 is 0. The molecule has 190 valence electrons. The molecule has 0 bridgehead atoms. The van der Waals surface area contributed by atoms with Gasteiger partial charge in [-0.1, -0.05) is 6.08 Å². The number of carbonyl (C=O) groups excluding carboxylic acids is 1. The number of aromatic hydroxyl groups is 1. The van der Waals surface area contributed by atoms with Crippen molar-refractivity contribution < 1.29 is 59.1 Å². The summed E-state index contributed by atoms with van der Waals surface area (Å²) in [5, 5.41) is 61.1. The van der Waals surface area contributed by atoms with E-state index >= 15 is 0 Å². The summed E-state index contributed by atoms with van der Waals surface area (Å²) in [7, 11) is 0. The van der Waals surface area contributed by atoms with E-state index in [0.717, 1.165) is 0 Å². The molecule has 0 spiro atoms. The molecule has 0 saturated carbocycles. The van der Waals surface area contributed by atoms with E-state index in [0.29, 0.717) is 5.57 Å². The first kappa shape index (κ1) is 26.3. The number of allylic oxidation sites excluding steroid dienone is 1. The molecule has 2 aliphatic rings. The van der Waals surface area contributed by atoms with Crippen molar-refractivity contribution in [2.45, 2.75) is 62.5 Å². The summed E-state index contributed by atoms with van der Waals surface area (Å²) in [6.45, 7) is 1.52. The number of hydrogen-bond donors (Lipinski definition) is 6. The molecule has 12 heteroatoms. The van der Waals surface area contributed by atoms with Gasteiger partial charge in [-0.15, -0.1) is 0 Å². The third-order valence-corrected chi connectivity index (χ3v) is 5.72. The van der Waals surface area contributed by atoms with Crippen LogP contribution in [-0.2, 0) is 23.7 Å². The van der Waals surface area contributed by atoms with Crippen LogP contribution in [0.3, 0.4) is 0 Å². The Hall–Kier alpha value is -2.29. The highest BCUT2D eigenvalue weighted by Gasteiger charge is 2.54. The predicted molar refractivity (Wildman–Crippen MR) is 112 cm³/mol. The minimum Gasteiger partial charge on any atom is -0.508 e. The second kappa shape index (κ2) is 11.0. The van der Waals surface area contributed by atoms with Gasteiger partial charge in [0, 0.05) is 5.57 Å². The largest absolute Gasteiger partial charge is 0.508 e. The fourth-order valence-corrected chi connectivity index (χ4v) is 3.43. The van der Waals surface area contributed by atoms with Crippen LogP contribution in [0.1, 0.15) is 13.8 Å². The lowest BCUT2D eigenvalue weighted by molar-refractivity contribution is -0.318. The van der Waals surface area contributed by atoms with E-state index < -0.39 is 74.5 Å². The number of phenolic OH excluding ortho intramolecular Hbond substituents is 1. The van der Waals surface area contributed by atoms with E-state index in [9.17, 15) is 35.4 Å². The summed E-state index contributed by atoms with van der Waals surface area (Å²) in [4.78, 5) is 11.9. The molecular formula is C22H30O12. The zero-order valence-electron chi connectivity index (χ0n) is 18.7. The van der Waals surface area contributed by atoms with Crippen molar-refractivity contribution in [3.63, 3.8) is 0 Å². The molecule has 1 aromatic carbocycles. The van der Waals surface area contributed by atoms with Gasteiger partial charge in [0.25, 0.3) is 0 Å². The molecule has 8 atom stereocenters. The van der Waals surface area contributed by atoms with Crippen LogP contribution in [0, 0.1) is 0 Å². The van der Waals surface area contributed by atoms with E-state index in [1.807, 2.05) is 0 Å². The van der Waals surface area contributed by atoms with Gasteiger partial charge in [-0.2, -0.15) is 0 Å². The fraction of sp³-hybridized carbons (Fsp3) is 0.591. The van der Waals surface area contributed by atoms with E-state index in [4.69, 9.17) is 23.7 Å². The average Bonchev–Trinajstić information content (AvgIpc) is 3.11. The Morgan fingerprint density at radius 2 is 1.85 bits per heavy atom. The number of benzene rings is 1. The third kappa shape index (κ3) is 5.67. The Balaban J connectivity index is 1.72. The first-order valence-corrected chi connectivity index (χ1v) is 10.7. The molecule has 0 amide bonds. The van der Waals surface area contributed by atoms with Crippen LogP contribution in [-0.4, -0.2) is 105 Å². The zero-order valence-corrected chi connectivity index (χ0v) is 18.7. The lowest BCUT2D eigenvalue weighted by Gasteiger charge is -2.42. The summed E-state index contributed by atoms with van der Waals surface area (Å²) in [6, 6.07) is 5.54. The van der Waals surface area contributed by atoms with Gasteiger partial charge >= 0.3 is 5.97 Å². The first-order valence-electron chi connectivity index (χ1n) is 10.7. The van der Waals surface area contributed by atoms with Crippen molar-refractivity contribution in [3.05, 3.63) is 35.9 Å². The number of aliphatic hydroxyl groups is 5. The Labute approximate surface area is 195 Å². The molecule has 0 aromatic heterocycles. The van der Waals surface area contributed by atoms with Crippen molar-refractivity contribution in [2.24, 2.45) is 0 Å². The fourth-order valence-electron chi connectivity index (χ4n) is 3.43. The maximum absolute atomic E-state index is 11.9. The van der Waals surface area contributed by atoms with Gasteiger partial charge in [-0.05, 0) is 38.1 Å². The van der Waals surface area contributed by atoms with Gasteiger partial charge in [0.1, 0.15) is 42.5 Å². The molecule has 0 radical (unpaired) electrons. The lowest BCUT2D eigenvalue weighted by Crippen LogP contribution is -2.62. The number of ether oxygens (including phenoxy) is 5. The molecule has 2 aliphatic heterocycles. The minimum atomic E-state index is -1.99. The van der Waals surface area contributed by atoms with Gasteiger partial charge in [0.15, 0.2) is 18.0 Å². The Morgan fingerprint density at radius 1 is 1.18 bits per heavy atom. The standard InChI is InChI=1S/C22H30O12/c1-3-11(2)19(28)30-9-22(29)10-31-21(18(22)27)34-17-16(26)15(25)14(8-23)33-20(17)32-13-6-4-12(24)5-7-13/h3-7,14-18,20-21,23-27,29H,8-10H2,1-2H3/b11-3+/t14-,15-,16+,17-,18+,20-,21+,22-/m1/s1. The maximum Gasteiger partial charge on any atom is 0.333 e. The molecule has 1 aromatic rings. The molecule has 2 saturated heterocycles. The third-order valence-electron chi connectivity index (χ3n) is 5.72. The Morgan fingerprint density at radius 3 is 2.47 bits per heavy atom. The van der Waals surface area contributed by atoms with E-state index in [2.05, 4.69) is 0 Å². The molecule has 2 heterocycles.